The Morgan fingerprint density at radius 3 is 2.54 bits per heavy atom. The van der Waals surface area contributed by atoms with Crippen LogP contribution in [0.15, 0.2) is 70.4 Å². The number of nitrogens with zero attached hydrogens (tertiary/aromatic N) is 3. The van der Waals surface area contributed by atoms with Crippen molar-refractivity contribution < 1.29 is 4.79 Å². The standard InChI is InChI=1S/C19H16BrClN4O/c1-13(15-4-6-16(20)7-5-15)22-23-19(26)18-10-11-25(24-18)12-14-2-8-17(21)9-3-14/h2-11H,12H2,1H3,(H,23,26). The maximum absolute atomic E-state index is 12.2. The Balaban J connectivity index is 1.63. The molecule has 132 valence electrons. The van der Waals surface area contributed by atoms with Crippen LogP contribution >= 0.6 is 27.5 Å². The van der Waals surface area contributed by atoms with Gasteiger partial charge in [-0.25, -0.2) is 5.43 Å². The van der Waals surface area contributed by atoms with E-state index in [1.807, 2.05) is 55.5 Å². The molecule has 1 heterocycles. The van der Waals surface area contributed by atoms with Crippen molar-refractivity contribution in [3.8, 4) is 0 Å². The average Bonchev–Trinajstić information content (AvgIpc) is 3.10. The van der Waals surface area contributed by atoms with Crippen molar-refractivity contribution >= 4 is 39.1 Å². The Bertz CT molecular complexity index is 933. The number of hydrogen-bond acceptors (Lipinski definition) is 3. The first-order valence-corrected chi connectivity index (χ1v) is 9.07. The zero-order chi connectivity index (χ0) is 18.5. The molecule has 0 atom stereocenters. The number of halogens is 2. The fourth-order valence-corrected chi connectivity index (χ4v) is 2.69. The summed E-state index contributed by atoms with van der Waals surface area (Å²) in [6.45, 7) is 2.40. The van der Waals surface area contributed by atoms with Crippen LogP contribution in [0.3, 0.4) is 0 Å². The molecular formula is C19H16BrClN4O. The molecule has 1 N–H and O–H groups in total. The van der Waals surface area contributed by atoms with Gasteiger partial charge in [0.15, 0.2) is 5.69 Å². The lowest BCUT2D eigenvalue weighted by Gasteiger charge is -2.03. The minimum Gasteiger partial charge on any atom is -0.268 e. The smallest absolute Gasteiger partial charge is 0.268 e. The molecule has 0 aliphatic rings. The highest BCUT2D eigenvalue weighted by Gasteiger charge is 2.09. The maximum atomic E-state index is 12.2. The summed E-state index contributed by atoms with van der Waals surface area (Å²) in [5.41, 5.74) is 5.55. The third-order valence-electron chi connectivity index (χ3n) is 3.72. The van der Waals surface area contributed by atoms with Gasteiger partial charge in [0.1, 0.15) is 0 Å². The Morgan fingerprint density at radius 1 is 1.15 bits per heavy atom. The van der Waals surface area contributed by atoms with Gasteiger partial charge >= 0.3 is 0 Å². The summed E-state index contributed by atoms with van der Waals surface area (Å²) in [7, 11) is 0. The van der Waals surface area contributed by atoms with E-state index in [1.165, 1.54) is 0 Å². The van der Waals surface area contributed by atoms with Gasteiger partial charge in [-0.2, -0.15) is 10.2 Å². The molecular weight excluding hydrogens is 416 g/mol. The van der Waals surface area contributed by atoms with E-state index in [0.717, 1.165) is 15.6 Å². The molecule has 0 aliphatic heterocycles. The minimum atomic E-state index is -0.351. The number of carbonyl (C=O) groups excluding carboxylic acids is 1. The summed E-state index contributed by atoms with van der Waals surface area (Å²) in [5, 5.41) is 9.12. The number of aromatic nitrogens is 2. The predicted octanol–water partition coefficient (Wildman–Crippen LogP) is 4.50. The maximum Gasteiger partial charge on any atom is 0.291 e. The van der Waals surface area contributed by atoms with Crippen molar-refractivity contribution in [2.24, 2.45) is 5.10 Å². The first-order valence-electron chi connectivity index (χ1n) is 7.90. The van der Waals surface area contributed by atoms with Gasteiger partial charge in [0.05, 0.1) is 12.3 Å². The van der Waals surface area contributed by atoms with Crippen LogP contribution in [0.2, 0.25) is 5.02 Å². The SMILES string of the molecule is CC(=NNC(=O)c1ccn(Cc2ccc(Cl)cc2)n1)c1ccc(Br)cc1. The Morgan fingerprint density at radius 2 is 1.85 bits per heavy atom. The van der Waals surface area contributed by atoms with Crippen LogP contribution in [0.25, 0.3) is 0 Å². The molecule has 0 bridgehead atoms. The highest BCUT2D eigenvalue weighted by Crippen LogP contribution is 2.12. The van der Waals surface area contributed by atoms with Crippen molar-refractivity contribution in [3.05, 3.63) is 87.1 Å². The summed E-state index contributed by atoms with van der Waals surface area (Å²) < 4.78 is 2.69. The number of hydrazone groups is 1. The number of amides is 1. The monoisotopic (exact) mass is 430 g/mol. The molecule has 0 fully saturated rings. The first-order chi connectivity index (χ1) is 12.5. The normalized spacial score (nSPS) is 11.4. The fourth-order valence-electron chi connectivity index (χ4n) is 2.30. The number of hydrogen-bond donors (Lipinski definition) is 1. The van der Waals surface area contributed by atoms with E-state index in [2.05, 4.69) is 31.6 Å². The van der Waals surface area contributed by atoms with Crippen LogP contribution in [0.1, 0.15) is 28.5 Å². The van der Waals surface area contributed by atoms with Gasteiger partial charge in [-0.05, 0) is 48.4 Å². The molecule has 0 aliphatic carbocycles. The molecule has 0 spiro atoms. The van der Waals surface area contributed by atoms with Crippen molar-refractivity contribution in [2.45, 2.75) is 13.5 Å². The van der Waals surface area contributed by atoms with Gasteiger partial charge in [0.2, 0.25) is 0 Å². The Kier molecular flexibility index (Phi) is 5.85. The molecule has 5 nitrogen and oxygen atoms in total. The van der Waals surface area contributed by atoms with Crippen LogP contribution in [0, 0.1) is 0 Å². The fraction of sp³-hybridized carbons (Fsp3) is 0.105. The van der Waals surface area contributed by atoms with Crippen molar-refractivity contribution in [3.63, 3.8) is 0 Å². The highest BCUT2D eigenvalue weighted by molar-refractivity contribution is 9.10. The Labute approximate surface area is 164 Å². The zero-order valence-electron chi connectivity index (χ0n) is 14.0. The van der Waals surface area contributed by atoms with Crippen molar-refractivity contribution in [1.29, 1.82) is 0 Å². The topological polar surface area (TPSA) is 59.3 Å². The number of benzene rings is 2. The van der Waals surface area contributed by atoms with E-state index in [1.54, 1.807) is 16.9 Å². The van der Waals surface area contributed by atoms with Gasteiger partial charge in [-0.3, -0.25) is 9.48 Å². The molecule has 3 aromatic rings. The van der Waals surface area contributed by atoms with Crippen LogP contribution in [-0.4, -0.2) is 21.4 Å². The summed E-state index contributed by atoms with van der Waals surface area (Å²) in [6.07, 6.45) is 1.76. The summed E-state index contributed by atoms with van der Waals surface area (Å²) in [6, 6.07) is 16.9. The molecule has 1 amide bonds. The van der Waals surface area contributed by atoms with E-state index in [-0.39, 0.29) is 5.91 Å². The minimum absolute atomic E-state index is 0.311. The number of carbonyl (C=O) groups is 1. The van der Waals surface area contributed by atoms with Crippen molar-refractivity contribution in [2.75, 3.05) is 0 Å². The third-order valence-corrected chi connectivity index (χ3v) is 4.50. The molecule has 0 saturated carbocycles. The van der Waals surface area contributed by atoms with E-state index in [9.17, 15) is 4.79 Å². The Hall–Kier alpha value is -2.44. The number of nitrogens with one attached hydrogen (secondary N) is 1. The van der Waals surface area contributed by atoms with Gasteiger partial charge in [0, 0.05) is 15.7 Å². The lowest BCUT2D eigenvalue weighted by molar-refractivity contribution is 0.0949. The van der Waals surface area contributed by atoms with E-state index in [0.29, 0.717) is 23.0 Å². The molecule has 0 saturated heterocycles. The molecule has 2 aromatic carbocycles. The second kappa shape index (κ2) is 8.29. The molecule has 7 heteroatoms. The second-order valence-electron chi connectivity index (χ2n) is 5.67. The first kappa shape index (κ1) is 18.4. The third kappa shape index (κ3) is 4.80. The van der Waals surface area contributed by atoms with Crippen LogP contribution in [0.5, 0.6) is 0 Å². The summed E-state index contributed by atoms with van der Waals surface area (Å²) in [4.78, 5) is 12.2. The molecule has 0 radical (unpaired) electrons. The average molecular weight is 432 g/mol. The van der Waals surface area contributed by atoms with Gasteiger partial charge in [0.25, 0.3) is 5.91 Å². The largest absolute Gasteiger partial charge is 0.291 e. The predicted molar refractivity (Wildman–Crippen MR) is 107 cm³/mol. The van der Waals surface area contributed by atoms with E-state index in [4.69, 9.17) is 11.6 Å². The van der Waals surface area contributed by atoms with Gasteiger partial charge in [-0.1, -0.05) is 51.8 Å². The summed E-state index contributed by atoms with van der Waals surface area (Å²) >= 11 is 9.27. The van der Waals surface area contributed by atoms with E-state index >= 15 is 0 Å². The zero-order valence-corrected chi connectivity index (χ0v) is 16.3. The van der Waals surface area contributed by atoms with E-state index < -0.39 is 0 Å². The molecule has 26 heavy (non-hydrogen) atoms. The quantitative estimate of drug-likeness (QED) is 0.477. The van der Waals surface area contributed by atoms with Gasteiger partial charge in [-0.15, -0.1) is 0 Å². The van der Waals surface area contributed by atoms with Crippen LogP contribution < -0.4 is 5.43 Å². The van der Waals surface area contributed by atoms with Crippen molar-refractivity contribution in [1.82, 2.24) is 15.2 Å². The van der Waals surface area contributed by atoms with Crippen LogP contribution in [0.4, 0.5) is 0 Å². The molecule has 1 aromatic heterocycles. The second-order valence-corrected chi connectivity index (χ2v) is 7.02. The molecule has 3 rings (SSSR count). The summed E-state index contributed by atoms with van der Waals surface area (Å²) in [5.74, 6) is -0.351. The molecule has 0 unspecified atom stereocenters. The van der Waals surface area contributed by atoms with Gasteiger partial charge < -0.3 is 0 Å². The lowest BCUT2D eigenvalue weighted by Crippen LogP contribution is -2.20. The van der Waals surface area contributed by atoms with Crippen LogP contribution in [-0.2, 0) is 6.54 Å². The number of rotatable bonds is 5. The highest BCUT2D eigenvalue weighted by atomic mass is 79.9. The lowest BCUT2D eigenvalue weighted by atomic mass is 10.1.